The predicted octanol–water partition coefficient (Wildman–Crippen LogP) is 7.24. The molecule has 2 aromatic carbocycles. The van der Waals surface area contributed by atoms with Crippen LogP contribution >= 0.6 is 8.53 Å². The van der Waals surface area contributed by atoms with E-state index in [1.165, 1.54) is 11.1 Å². The van der Waals surface area contributed by atoms with E-state index in [1.807, 2.05) is 12.1 Å². The lowest BCUT2D eigenvalue weighted by Crippen LogP contribution is -2.32. The van der Waals surface area contributed by atoms with Crippen LogP contribution in [0.5, 0.6) is 0 Å². The molecule has 30 heavy (non-hydrogen) atoms. The van der Waals surface area contributed by atoms with Crippen molar-refractivity contribution >= 4 is 8.53 Å². The molecule has 0 aliphatic rings. The monoisotopic (exact) mass is 426 g/mol. The van der Waals surface area contributed by atoms with E-state index >= 15 is 0 Å². The molecule has 1 atom stereocenters. The first kappa shape index (κ1) is 24.5. The van der Waals surface area contributed by atoms with E-state index in [0.29, 0.717) is 19.6 Å². The summed E-state index contributed by atoms with van der Waals surface area (Å²) in [7, 11) is -1.26. The van der Waals surface area contributed by atoms with Crippen LogP contribution in [0.2, 0.25) is 0 Å². The molecule has 4 nitrogen and oxygen atoms in total. The van der Waals surface area contributed by atoms with Gasteiger partial charge in [0.1, 0.15) is 0 Å². The minimum Gasteiger partial charge on any atom is -0.322 e. The van der Waals surface area contributed by atoms with E-state index in [-0.39, 0.29) is 12.1 Å². The zero-order chi connectivity index (χ0) is 21.6. The van der Waals surface area contributed by atoms with Gasteiger partial charge in [-0.05, 0) is 37.8 Å². The first-order valence-electron chi connectivity index (χ1n) is 11.0. The Hall–Kier alpha value is -1.76. The molecule has 0 saturated carbocycles. The van der Waals surface area contributed by atoms with Gasteiger partial charge in [0.05, 0.1) is 25.3 Å². The molecule has 5 heteroatoms. The number of benzene rings is 2. The molecule has 2 aromatic rings. The second kappa shape index (κ2) is 14.3. The third-order valence-corrected chi connectivity index (χ3v) is 6.67. The van der Waals surface area contributed by atoms with Crippen molar-refractivity contribution in [3.63, 3.8) is 0 Å². The Balaban J connectivity index is 2.34. The van der Waals surface area contributed by atoms with Crippen LogP contribution in [-0.2, 0) is 9.05 Å². The molecule has 0 aromatic heterocycles. The number of hydrogen-bond donors (Lipinski definition) is 0. The summed E-state index contributed by atoms with van der Waals surface area (Å²) in [5.74, 6) is 0. The summed E-state index contributed by atoms with van der Waals surface area (Å²) in [6.07, 6.45) is 4.57. The number of rotatable bonds is 14. The zero-order valence-corrected chi connectivity index (χ0v) is 19.4. The summed E-state index contributed by atoms with van der Waals surface area (Å²) in [6, 6.07) is 23.6. The van der Waals surface area contributed by atoms with E-state index in [1.54, 1.807) is 0 Å². The molecule has 1 unspecified atom stereocenters. The summed E-state index contributed by atoms with van der Waals surface area (Å²) in [6.45, 7) is 7.82. The van der Waals surface area contributed by atoms with Crippen molar-refractivity contribution in [1.29, 1.82) is 5.26 Å². The maximum Gasteiger partial charge on any atom is 0.259 e. The van der Waals surface area contributed by atoms with Crippen LogP contribution in [0.3, 0.4) is 0 Å². The van der Waals surface area contributed by atoms with Crippen LogP contribution in [0.25, 0.3) is 0 Å². The lowest BCUT2D eigenvalue weighted by atomic mass is 9.98. The van der Waals surface area contributed by atoms with Crippen LogP contribution in [0, 0.1) is 11.3 Å². The average molecular weight is 427 g/mol. The van der Waals surface area contributed by atoms with Gasteiger partial charge in [-0.25, -0.2) is 4.67 Å². The summed E-state index contributed by atoms with van der Waals surface area (Å²) in [5.41, 5.74) is 2.45. The Bertz CT molecular complexity index is 694. The molecule has 0 saturated heterocycles. The van der Waals surface area contributed by atoms with Gasteiger partial charge in [0.25, 0.3) is 8.53 Å². The highest BCUT2D eigenvalue weighted by molar-refractivity contribution is 7.44. The maximum absolute atomic E-state index is 8.87. The summed E-state index contributed by atoms with van der Waals surface area (Å²) < 4.78 is 15.0. The molecule has 0 aliphatic carbocycles. The molecule has 0 spiro atoms. The average Bonchev–Trinajstić information content (AvgIpc) is 2.77. The van der Waals surface area contributed by atoms with Gasteiger partial charge in [0.2, 0.25) is 0 Å². The van der Waals surface area contributed by atoms with Gasteiger partial charge in [-0.3, -0.25) is 0 Å². The molecule has 0 bridgehead atoms. The van der Waals surface area contributed by atoms with Gasteiger partial charge in [-0.2, -0.15) is 5.26 Å². The van der Waals surface area contributed by atoms with E-state index in [4.69, 9.17) is 14.3 Å². The molecule has 162 valence electrons. The Morgan fingerprint density at radius 3 is 1.87 bits per heavy atom. The van der Waals surface area contributed by atoms with E-state index in [0.717, 1.165) is 25.7 Å². The van der Waals surface area contributed by atoms with Gasteiger partial charge in [-0.15, -0.1) is 0 Å². The topological polar surface area (TPSA) is 45.5 Å². The lowest BCUT2D eigenvalue weighted by Gasteiger charge is -2.39. The van der Waals surface area contributed by atoms with E-state index < -0.39 is 8.53 Å². The fraction of sp³-hybridized carbons (Fsp3) is 0.480. The van der Waals surface area contributed by atoms with E-state index in [2.05, 4.69) is 80.0 Å². The van der Waals surface area contributed by atoms with Gasteiger partial charge in [-0.1, -0.05) is 80.4 Å². The van der Waals surface area contributed by atoms with Crippen molar-refractivity contribution in [2.75, 3.05) is 13.2 Å². The standard InChI is InChI=1S/C25H35N2O2P/c1-4-5-13-20-28-30(29-21-14-12-19-26)27(22(2)3)25(23-15-8-6-9-16-23)24-17-10-7-11-18-24/h6-11,15-18,22,25H,4-5,12-14,20-21H2,1-3H3. The normalized spacial score (nSPS) is 12.4. The van der Waals surface area contributed by atoms with Crippen LogP contribution in [-0.4, -0.2) is 23.9 Å². The highest BCUT2D eigenvalue weighted by Crippen LogP contribution is 2.51. The van der Waals surface area contributed by atoms with Crippen LogP contribution in [0.15, 0.2) is 60.7 Å². The van der Waals surface area contributed by atoms with Crippen molar-refractivity contribution in [1.82, 2.24) is 4.67 Å². The van der Waals surface area contributed by atoms with Crippen molar-refractivity contribution in [3.8, 4) is 6.07 Å². The van der Waals surface area contributed by atoms with Crippen LogP contribution in [0.1, 0.15) is 70.0 Å². The van der Waals surface area contributed by atoms with Gasteiger partial charge >= 0.3 is 0 Å². The first-order valence-corrected chi connectivity index (χ1v) is 12.1. The molecular formula is C25H35N2O2P. The highest BCUT2D eigenvalue weighted by Gasteiger charge is 2.33. The summed E-state index contributed by atoms with van der Waals surface area (Å²) >= 11 is 0. The quantitative estimate of drug-likeness (QED) is 0.236. The molecular weight excluding hydrogens is 391 g/mol. The molecule has 0 N–H and O–H groups in total. The smallest absolute Gasteiger partial charge is 0.259 e. The van der Waals surface area contributed by atoms with E-state index in [9.17, 15) is 0 Å². The fourth-order valence-electron chi connectivity index (χ4n) is 3.31. The minimum atomic E-state index is -1.26. The van der Waals surface area contributed by atoms with Gasteiger partial charge in [0, 0.05) is 12.5 Å². The molecule has 0 aliphatic heterocycles. The van der Waals surface area contributed by atoms with Crippen molar-refractivity contribution < 1.29 is 9.05 Å². The largest absolute Gasteiger partial charge is 0.322 e. The third kappa shape index (κ3) is 7.82. The van der Waals surface area contributed by atoms with Gasteiger partial charge in [0.15, 0.2) is 0 Å². The predicted molar refractivity (Wildman–Crippen MR) is 125 cm³/mol. The Kier molecular flexibility index (Phi) is 11.7. The second-order valence-electron chi connectivity index (χ2n) is 7.57. The molecule has 0 radical (unpaired) electrons. The zero-order valence-electron chi connectivity index (χ0n) is 18.5. The molecule has 0 heterocycles. The maximum atomic E-state index is 8.87. The summed E-state index contributed by atoms with van der Waals surface area (Å²) in [4.78, 5) is 0. The summed E-state index contributed by atoms with van der Waals surface area (Å²) in [5, 5.41) is 8.87. The van der Waals surface area contributed by atoms with Crippen LogP contribution in [0.4, 0.5) is 0 Å². The fourth-order valence-corrected chi connectivity index (χ4v) is 5.05. The SMILES string of the molecule is CCCCCOP(OCCCC#N)N(C(C)C)C(c1ccccc1)c1ccccc1. The molecule has 2 rings (SSSR count). The number of hydrogen-bond acceptors (Lipinski definition) is 4. The highest BCUT2D eigenvalue weighted by atomic mass is 31.2. The number of nitriles is 1. The van der Waals surface area contributed by atoms with Crippen LogP contribution < -0.4 is 0 Å². The van der Waals surface area contributed by atoms with Crippen molar-refractivity contribution in [2.24, 2.45) is 0 Å². The Labute approximate surface area is 183 Å². The Morgan fingerprint density at radius 1 is 0.867 bits per heavy atom. The molecule has 0 fully saturated rings. The lowest BCUT2D eigenvalue weighted by molar-refractivity contribution is 0.172. The minimum absolute atomic E-state index is 0.0423. The first-order chi connectivity index (χ1) is 14.7. The molecule has 0 amide bonds. The second-order valence-corrected chi connectivity index (χ2v) is 9.02. The number of unbranched alkanes of at least 4 members (excludes halogenated alkanes) is 3. The third-order valence-electron chi connectivity index (χ3n) is 4.80. The number of nitrogens with zero attached hydrogens (tertiary/aromatic N) is 2. The Morgan fingerprint density at radius 2 is 1.40 bits per heavy atom. The van der Waals surface area contributed by atoms with Crippen molar-refractivity contribution in [2.45, 2.75) is 65.0 Å². The van der Waals surface area contributed by atoms with Crippen molar-refractivity contribution in [3.05, 3.63) is 71.8 Å². The van der Waals surface area contributed by atoms with Gasteiger partial charge < -0.3 is 9.05 Å².